The van der Waals surface area contributed by atoms with Crippen LogP contribution in [0.4, 0.5) is 0 Å². The highest BCUT2D eigenvalue weighted by molar-refractivity contribution is 7.88. The van der Waals surface area contributed by atoms with Crippen molar-refractivity contribution in [2.24, 2.45) is 5.41 Å². The first kappa shape index (κ1) is 16.3. The molecule has 0 aliphatic heterocycles. The average molecular weight is 267 g/mol. The highest BCUT2D eigenvalue weighted by Gasteiger charge is 2.50. The van der Waals surface area contributed by atoms with Crippen LogP contribution in [0, 0.1) is 5.41 Å². The lowest BCUT2D eigenvalue weighted by atomic mass is 9.66. The van der Waals surface area contributed by atoms with Crippen LogP contribution in [0.25, 0.3) is 0 Å². The smallest absolute Gasteiger partial charge is 0.211 e. The molecule has 0 N–H and O–H groups in total. The van der Waals surface area contributed by atoms with Crippen molar-refractivity contribution in [2.75, 3.05) is 13.3 Å². The van der Waals surface area contributed by atoms with Gasteiger partial charge in [0.15, 0.2) is 0 Å². The average Bonchev–Trinajstić information content (AvgIpc) is 1.98. The summed E-state index contributed by atoms with van der Waals surface area (Å²) in [5.41, 5.74) is -0.785. The van der Waals surface area contributed by atoms with Crippen LogP contribution < -0.4 is 0 Å². The van der Waals surface area contributed by atoms with Crippen molar-refractivity contribution in [1.82, 2.24) is 4.31 Å². The Kier molecular flexibility index (Phi) is 4.24. The minimum Gasteiger partial charge on any atom is -0.212 e. The van der Waals surface area contributed by atoms with Crippen LogP contribution in [0.3, 0.4) is 0 Å². The molecule has 0 aromatic carbocycles. The fraction of sp³-hybridized carbons (Fsp3) is 1.00. The molecule has 0 radical (unpaired) electrons. The molecule has 16 heavy (non-hydrogen) atoms. The van der Waals surface area contributed by atoms with Gasteiger partial charge in [-0.05, 0) is 19.3 Å². The standard InChI is InChI=1S/C11H25NO2S2/c1-9(2,11(5,6)15)10(3,4)12(7)16(8,13)14/h15H,1-8H3. The molecule has 0 aromatic heterocycles. The molecule has 0 spiro atoms. The Labute approximate surface area is 106 Å². The van der Waals surface area contributed by atoms with Crippen molar-refractivity contribution in [3.8, 4) is 0 Å². The zero-order chi connectivity index (χ0) is 13.6. The van der Waals surface area contributed by atoms with E-state index in [0.717, 1.165) is 0 Å². The lowest BCUT2D eigenvalue weighted by Gasteiger charge is -2.53. The SMILES string of the molecule is CN(C(C)(C)C(C)(C)C(C)(C)S)S(C)(=O)=O. The number of thiol groups is 1. The van der Waals surface area contributed by atoms with Gasteiger partial charge in [-0.2, -0.15) is 16.9 Å². The highest BCUT2D eigenvalue weighted by atomic mass is 32.2. The summed E-state index contributed by atoms with van der Waals surface area (Å²) in [5, 5.41) is 0. The Morgan fingerprint density at radius 1 is 1.00 bits per heavy atom. The predicted octanol–water partition coefficient (Wildman–Crippen LogP) is 2.39. The molecule has 3 nitrogen and oxygen atoms in total. The van der Waals surface area contributed by atoms with Crippen LogP contribution in [0.15, 0.2) is 0 Å². The second kappa shape index (κ2) is 4.18. The Morgan fingerprint density at radius 3 is 1.50 bits per heavy atom. The van der Waals surface area contributed by atoms with Gasteiger partial charge in [0, 0.05) is 17.3 Å². The number of hydrogen-bond donors (Lipinski definition) is 1. The Bertz CT molecular complexity index is 351. The van der Waals surface area contributed by atoms with Gasteiger partial charge in [0.2, 0.25) is 10.0 Å². The summed E-state index contributed by atoms with van der Waals surface area (Å²) in [5.74, 6) is 0. The van der Waals surface area contributed by atoms with Gasteiger partial charge in [0.1, 0.15) is 0 Å². The van der Waals surface area contributed by atoms with E-state index in [4.69, 9.17) is 0 Å². The lowest BCUT2D eigenvalue weighted by Crippen LogP contribution is -2.60. The summed E-state index contributed by atoms with van der Waals surface area (Å²) < 4.78 is 24.5. The lowest BCUT2D eigenvalue weighted by molar-refractivity contribution is 0.0639. The quantitative estimate of drug-likeness (QED) is 0.794. The summed E-state index contributed by atoms with van der Waals surface area (Å²) in [7, 11) is -1.58. The van der Waals surface area contributed by atoms with Crippen LogP contribution in [0.2, 0.25) is 0 Å². The van der Waals surface area contributed by atoms with Crippen molar-refractivity contribution < 1.29 is 8.42 Å². The second-order valence-corrected chi connectivity index (χ2v) is 9.11. The van der Waals surface area contributed by atoms with E-state index in [9.17, 15) is 8.42 Å². The van der Waals surface area contributed by atoms with E-state index in [0.29, 0.717) is 0 Å². The van der Waals surface area contributed by atoms with Crippen LogP contribution in [0.1, 0.15) is 41.5 Å². The van der Waals surface area contributed by atoms with Gasteiger partial charge >= 0.3 is 0 Å². The molecule has 0 aromatic rings. The molecule has 0 aliphatic rings. The first-order valence-electron chi connectivity index (χ1n) is 5.32. The highest BCUT2D eigenvalue weighted by Crippen LogP contribution is 2.47. The van der Waals surface area contributed by atoms with E-state index in [1.807, 2.05) is 41.5 Å². The van der Waals surface area contributed by atoms with Crippen molar-refractivity contribution >= 4 is 22.7 Å². The van der Waals surface area contributed by atoms with Crippen molar-refractivity contribution in [2.45, 2.75) is 51.8 Å². The number of nitrogens with zero attached hydrogens (tertiary/aromatic N) is 1. The summed E-state index contributed by atoms with van der Waals surface area (Å²) in [6, 6.07) is 0. The molecular weight excluding hydrogens is 242 g/mol. The molecule has 0 aliphatic carbocycles. The van der Waals surface area contributed by atoms with Gasteiger partial charge in [-0.15, -0.1) is 0 Å². The minimum atomic E-state index is -3.20. The Hall–Kier alpha value is 0.260. The molecular formula is C11H25NO2S2. The first-order valence-corrected chi connectivity index (χ1v) is 7.61. The number of sulfonamides is 1. The van der Waals surface area contributed by atoms with Crippen molar-refractivity contribution in [3.63, 3.8) is 0 Å². The summed E-state index contributed by atoms with van der Waals surface area (Å²) in [4.78, 5) is 0. The van der Waals surface area contributed by atoms with Gasteiger partial charge in [-0.1, -0.05) is 27.7 Å². The number of hydrogen-bond acceptors (Lipinski definition) is 3. The zero-order valence-corrected chi connectivity index (χ0v) is 13.3. The largest absolute Gasteiger partial charge is 0.212 e. The Morgan fingerprint density at radius 2 is 1.31 bits per heavy atom. The van der Waals surface area contributed by atoms with Crippen molar-refractivity contribution in [3.05, 3.63) is 0 Å². The maximum absolute atomic E-state index is 11.7. The number of rotatable bonds is 4. The fourth-order valence-electron chi connectivity index (χ4n) is 1.56. The molecule has 0 saturated heterocycles. The molecule has 5 heteroatoms. The maximum atomic E-state index is 11.7. The Balaban J connectivity index is 5.54. The molecule has 0 atom stereocenters. The molecule has 0 heterocycles. The van der Waals surface area contributed by atoms with Crippen LogP contribution >= 0.6 is 12.6 Å². The van der Waals surface area contributed by atoms with Gasteiger partial charge in [-0.3, -0.25) is 0 Å². The van der Waals surface area contributed by atoms with Gasteiger partial charge in [0.05, 0.1) is 6.26 Å². The summed E-state index contributed by atoms with van der Waals surface area (Å²) in [6.07, 6.45) is 1.23. The van der Waals surface area contributed by atoms with Crippen LogP contribution in [0.5, 0.6) is 0 Å². The molecule has 98 valence electrons. The van der Waals surface area contributed by atoms with Crippen LogP contribution in [-0.2, 0) is 10.0 Å². The third kappa shape index (κ3) is 2.74. The van der Waals surface area contributed by atoms with E-state index in [1.54, 1.807) is 7.05 Å². The van der Waals surface area contributed by atoms with Gasteiger partial charge in [0.25, 0.3) is 0 Å². The zero-order valence-electron chi connectivity index (χ0n) is 11.6. The van der Waals surface area contributed by atoms with Gasteiger partial charge < -0.3 is 0 Å². The van der Waals surface area contributed by atoms with E-state index in [1.165, 1.54) is 10.6 Å². The molecule has 0 amide bonds. The third-order valence-electron chi connectivity index (χ3n) is 4.34. The monoisotopic (exact) mass is 267 g/mol. The molecule has 0 saturated carbocycles. The van der Waals surface area contributed by atoms with Crippen molar-refractivity contribution in [1.29, 1.82) is 0 Å². The molecule has 0 bridgehead atoms. The molecule has 0 rings (SSSR count). The van der Waals surface area contributed by atoms with Gasteiger partial charge in [-0.25, -0.2) is 8.42 Å². The topological polar surface area (TPSA) is 37.4 Å². The first-order chi connectivity index (χ1) is 6.65. The normalized spacial score (nSPS) is 15.6. The van der Waals surface area contributed by atoms with Crippen LogP contribution in [-0.4, -0.2) is 36.3 Å². The third-order valence-corrected chi connectivity index (χ3v) is 6.35. The summed E-state index contributed by atoms with van der Waals surface area (Å²) >= 11 is 4.60. The maximum Gasteiger partial charge on any atom is 0.211 e. The van der Waals surface area contributed by atoms with E-state index in [2.05, 4.69) is 12.6 Å². The predicted molar refractivity (Wildman–Crippen MR) is 73.5 cm³/mol. The summed E-state index contributed by atoms with van der Waals surface area (Å²) in [6.45, 7) is 12.0. The van der Waals surface area contributed by atoms with E-state index in [-0.39, 0.29) is 10.2 Å². The minimum absolute atomic E-state index is 0.277. The molecule has 0 unspecified atom stereocenters. The molecule has 0 fully saturated rings. The fourth-order valence-corrected chi connectivity index (χ4v) is 2.89. The van der Waals surface area contributed by atoms with E-state index >= 15 is 0 Å². The van der Waals surface area contributed by atoms with E-state index < -0.39 is 15.6 Å². The second-order valence-electron chi connectivity index (χ2n) is 5.97.